The lowest BCUT2D eigenvalue weighted by Gasteiger charge is -2.28. The van der Waals surface area contributed by atoms with Crippen molar-refractivity contribution in [3.8, 4) is 5.75 Å². The van der Waals surface area contributed by atoms with Gasteiger partial charge >= 0.3 is 5.97 Å². The number of ether oxygens (including phenoxy) is 1. The minimum absolute atomic E-state index is 0.0283. The van der Waals surface area contributed by atoms with Crippen LogP contribution in [0.5, 0.6) is 5.75 Å². The zero-order chi connectivity index (χ0) is 17.7. The number of carbonyl (C=O) groups is 1. The van der Waals surface area contributed by atoms with Gasteiger partial charge in [-0.1, -0.05) is 64.7 Å². The summed E-state index contributed by atoms with van der Waals surface area (Å²) in [6.07, 6.45) is 8.25. The molecule has 1 fully saturated rings. The monoisotopic (exact) mass is 330 g/mol. The zero-order valence-corrected chi connectivity index (χ0v) is 16.2. The normalized spacial score (nSPS) is 21.5. The molecule has 2 nitrogen and oxygen atoms in total. The van der Waals surface area contributed by atoms with Crippen molar-refractivity contribution in [2.75, 3.05) is 0 Å². The highest BCUT2D eigenvalue weighted by Crippen LogP contribution is 2.35. The highest BCUT2D eigenvalue weighted by molar-refractivity contribution is 5.75. The number of benzene rings is 1. The number of unbranched alkanes of at least 4 members (excludes halogenated alkanes) is 1. The van der Waals surface area contributed by atoms with Crippen molar-refractivity contribution >= 4 is 5.97 Å². The lowest BCUT2D eigenvalue weighted by Crippen LogP contribution is -2.26. The van der Waals surface area contributed by atoms with Gasteiger partial charge in [0.2, 0.25) is 0 Å². The SMILES string of the molecule is CCCCC1CCC(C(=O)Oc2ccc(C)cc2C(C)(C)C)CC1. The van der Waals surface area contributed by atoms with Crippen molar-refractivity contribution in [1.29, 1.82) is 0 Å². The second-order valence-electron chi connectivity index (χ2n) is 8.53. The van der Waals surface area contributed by atoms with Crippen molar-refractivity contribution < 1.29 is 9.53 Å². The molecule has 2 rings (SSSR count). The molecule has 2 heteroatoms. The van der Waals surface area contributed by atoms with Crippen LogP contribution in [0.4, 0.5) is 0 Å². The second-order valence-corrected chi connectivity index (χ2v) is 8.53. The average molecular weight is 331 g/mol. The highest BCUT2D eigenvalue weighted by atomic mass is 16.5. The van der Waals surface area contributed by atoms with Gasteiger partial charge in [0.1, 0.15) is 5.75 Å². The molecule has 24 heavy (non-hydrogen) atoms. The number of aryl methyl sites for hydroxylation is 1. The number of hydrogen-bond acceptors (Lipinski definition) is 2. The summed E-state index contributed by atoms with van der Waals surface area (Å²) in [5.41, 5.74) is 2.29. The van der Waals surface area contributed by atoms with Gasteiger partial charge in [-0.05, 0) is 50.0 Å². The van der Waals surface area contributed by atoms with Crippen molar-refractivity contribution in [1.82, 2.24) is 0 Å². The summed E-state index contributed by atoms with van der Waals surface area (Å²) in [6, 6.07) is 6.13. The first-order valence-electron chi connectivity index (χ1n) is 9.64. The maximum absolute atomic E-state index is 12.6. The quantitative estimate of drug-likeness (QED) is 0.475. The second kappa shape index (κ2) is 8.18. The van der Waals surface area contributed by atoms with Crippen LogP contribution in [0.1, 0.15) is 83.8 Å². The third-order valence-electron chi connectivity index (χ3n) is 5.30. The molecule has 0 spiro atoms. The van der Waals surface area contributed by atoms with E-state index in [9.17, 15) is 4.79 Å². The van der Waals surface area contributed by atoms with E-state index in [1.807, 2.05) is 12.1 Å². The molecular weight excluding hydrogens is 296 g/mol. The van der Waals surface area contributed by atoms with Gasteiger partial charge in [-0.15, -0.1) is 0 Å². The molecule has 1 aromatic rings. The van der Waals surface area contributed by atoms with Gasteiger partial charge in [-0.3, -0.25) is 4.79 Å². The topological polar surface area (TPSA) is 26.3 Å². The predicted octanol–water partition coefficient (Wildman–Crippen LogP) is 6.19. The van der Waals surface area contributed by atoms with Crippen LogP contribution < -0.4 is 4.74 Å². The lowest BCUT2D eigenvalue weighted by molar-refractivity contribution is -0.140. The average Bonchev–Trinajstić information content (AvgIpc) is 2.54. The largest absolute Gasteiger partial charge is 0.426 e. The molecule has 134 valence electrons. The summed E-state index contributed by atoms with van der Waals surface area (Å²) in [6.45, 7) is 10.8. The van der Waals surface area contributed by atoms with E-state index < -0.39 is 0 Å². The maximum Gasteiger partial charge on any atom is 0.314 e. The van der Waals surface area contributed by atoms with Gasteiger partial charge < -0.3 is 4.74 Å². The minimum atomic E-state index is -0.0294. The van der Waals surface area contributed by atoms with E-state index in [0.29, 0.717) is 0 Å². The first-order chi connectivity index (χ1) is 11.3. The Kier molecular flexibility index (Phi) is 6.48. The molecule has 0 atom stereocenters. The van der Waals surface area contributed by atoms with Crippen LogP contribution in [-0.4, -0.2) is 5.97 Å². The van der Waals surface area contributed by atoms with E-state index in [1.54, 1.807) is 0 Å². The molecule has 0 aromatic heterocycles. The summed E-state index contributed by atoms with van der Waals surface area (Å²) in [4.78, 5) is 12.6. The number of hydrogen-bond donors (Lipinski definition) is 0. The standard InChI is InChI=1S/C22H34O2/c1-6-7-8-17-10-12-18(13-11-17)21(23)24-20-14-9-16(2)15-19(20)22(3,4)5/h9,14-15,17-18H,6-8,10-13H2,1-5H3. The van der Waals surface area contributed by atoms with Crippen LogP contribution >= 0.6 is 0 Å². The van der Waals surface area contributed by atoms with E-state index in [0.717, 1.165) is 30.1 Å². The molecule has 0 bridgehead atoms. The van der Waals surface area contributed by atoms with Gasteiger partial charge in [0, 0.05) is 5.56 Å². The Morgan fingerprint density at radius 2 is 1.83 bits per heavy atom. The summed E-state index contributed by atoms with van der Waals surface area (Å²) < 4.78 is 5.84. The van der Waals surface area contributed by atoms with E-state index in [2.05, 4.69) is 40.7 Å². The third kappa shape index (κ3) is 5.09. The fraction of sp³-hybridized carbons (Fsp3) is 0.682. The van der Waals surface area contributed by atoms with Gasteiger partial charge in [0.15, 0.2) is 0 Å². The number of esters is 1. The Balaban J connectivity index is 1.99. The Morgan fingerprint density at radius 1 is 1.17 bits per heavy atom. The summed E-state index contributed by atoms with van der Waals surface area (Å²) in [5, 5.41) is 0. The highest BCUT2D eigenvalue weighted by Gasteiger charge is 2.29. The van der Waals surface area contributed by atoms with Gasteiger partial charge in [0.05, 0.1) is 5.92 Å². The first kappa shape index (κ1) is 19.0. The molecule has 0 amide bonds. The van der Waals surface area contributed by atoms with Gasteiger partial charge in [-0.2, -0.15) is 0 Å². The lowest BCUT2D eigenvalue weighted by atomic mass is 9.80. The smallest absolute Gasteiger partial charge is 0.314 e. The van der Waals surface area contributed by atoms with E-state index >= 15 is 0 Å². The molecule has 0 heterocycles. The molecule has 0 aliphatic heterocycles. The van der Waals surface area contributed by atoms with Crippen molar-refractivity contribution in [2.45, 2.75) is 85.0 Å². The fourth-order valence-electron chi connectivity index (χ4n) is 3.69. The Hall–Kier alpha value is -1.31. The van der Waals surface area contributed by atoms with Crippen LogP contribution in [0.25, 0.3) is 0 Å². The molecule has 1 aliphatic rings. The van der Waals surface area contributed by atoms with Crippen LogP contribution in [-0.2, 0) is 10.2 Å². The summed E-state index contributed by atoms with van der Waals surface area (Å²) in [7, 11) is 0. The van der Waals surface area contributed by atoms with Crippen LogP contribution in [0.3, 0.4) is 0 Å². The molecule has 0 N–H and O–H groups in total. The molecular formula is C22H34O2. The summed E-state index contributed by atoms with van der Waals surface area (Å²) in [5.74, 6) is 1.61. The van der Waals surface area contributed by atoms with E-state index in [-0.39, 0.29) is 17.3 Å². The zero-order valence-electron chi connectivity index (χ0n) is 16.2. The fourth-order valence-corrected chi connectivity index (χ4v) is 3.69. The Labute approximate surface area is 148 Å². The van der Waals surface area contributed by atoms with Crippen molar-refractivity contribution in [2.24, 2.45) is 11.8 Å². The maximum atomic E-state index is 12.6. The number of carbonyl (C=O) groups excluding carboxylic acids is 1. The van der Waals surface area contributed by atoms with Crippen LogP contribution in [0.15, 0.2) is 18.2 Å². The minimum Gasteiger partial charge on any atom is -0.426 e. The molecule has 0 radical (unpaired) electrons. The van der Waals surface area contributed by atoms with Crippen LogP contribution in [0.2, 0.25) is 0 Å². The van der Waals surface area contributed by atoms with Gasteiger partial charge in [-0.25, -0.2) is 0 Å². The summed E-state index contributed by atoms with van der Waals surface area (Å²) >= 11 is 0. The molecule has 1 aromatic carbocycles. The van der Waals surface area contributed by atoms with Crippen LogP contribution in [0, 0.1) is 18.8 Å². The predicted molar refractivity (Wildman–Crippen MR) is 100 cm³/mol. The molecule has 0 unspecified atom stereocenters. The Morgan fingerprint density at radius 3 is 2.42 bits per heavy atom. The van der Waals surface area contributed by atoms with E-state index in [4.69, 9.17) is 4.74 Å². The number of rotatable bonds is 5. The molecule has 0 saturated heterocycles. The molecule has 1 aliphatic carbocycles. The van der Waals surface area contributed by atoms with E-state index in [1.165, 1.54) is 37.7 Å². The van der Waals surface area contributed by atoms with Crippen molar-refractivity contribution in [3.63, 3.8) is 0 Å². The Bertz CT molecular complexity index is 546. The third-order valence-corrected chi connectivity index (χ3v) is 5.30. The first-order valence-corrected chi connectivity index (χ1v) is 9.64. The molecule has 1 saturated carbocycles. The van der Waals surface area contributed by atoms with Gasteiger partial charge in [0.25, 0.3) is 0 Å². The van der Waals surface area contributed by atoms with Crippen molar-refractivity contribution in [3.05, 3.63) is 29.3 Å².